The van der Waals surface area contributed by atoms with Gasteiger partial charge in [0.1, 0.15) is 0 Å². The summed E-state index contributed by atoms with van der Waals surface area (Å²) in [5.41, 5.74) is 0. The number of rotatable bonds is 11. The molecule has 0 aliphatic rings. The molecule has 0 aromatic carbocycles. The molecular formula is C14H24O2. The lowest BCUT2D eigenvalue weighted by Crippen LogP contribution is -1.92. The van der Waals surface area contributed by atoms with Gasteiger partial charge < -0.3 is 5.11 Å². The van der Waals surface area contributed by atoms with E-state index < -0.39 is 5.97 Å². The van der Waals surface area contributed by atoms with Gasteiger partial charge in [-0.25, -0.2) is 0 Å². The topological polar surface area (TPSA) is 37.3 Å². The fourth-order valence-corrected chi connectivity index (χ4v) is 1.51. The molecule has 0 bridgehead atoms. The van der Waals surface area contributed by atoms with Gasteiger partial charge in [0.25, 0.3) is 0 Å². The molecule has 2 nitrogen and oxygen atoms in total. The molecule has 0 radical (unpaired) electrons. The van der Waals surface area contributed by atoms with Crippen LogP contribution in [0.5, 0.6) is 0 Å². The van der Waals surface area contributed by atoms with Crippen LogP contribution in [-0.4, -0.2) is 11.1 Å². The summed E-state index contributed by atoms with van der Waals surface area (Å²) in [7, 11) is 0. The van der Waals surface area contributed by atoms with Crippen LogP contribution in [0.1, 0.15) is 57.8 Å². The summed E-state index contributed by atoms with van der Waals surface area (Å²) in [5.74, 6) is -0.699. The standard InChI is InChI=1S/C14H24O2/c1-2-3-4-5-6-7-8-9-10-11-12-13-14(15)16/h2,9-10H,1,3-8,11-13H2,(H,15,16). The molecule has 0 spiro atoms. The molecule has 0 unspecified atom stereocenters. The van der Waals surface area contributed by atoms with Crippen molar-refractivity contribution in [2.45, 2.75) is 57.8 Å². The summed E-state index contributed by atoms with van der Waals surface area (Å²) >= 11 is 0. The van der Waals surface area contributed by atoms with Crippen LogP contribution in [0.4, 0.5) is 0 Å². The third kappa shape index (κ3) is 12.9. The van der Waals surface area contributed by atoms with E-state index in [2.05, 4.69) is 18.7 Å². The van der Waals surface area contributed by atoms with Gasteiger partial charge >= 0.3 is 5.97 Å². The van der Waals surface area contributed by atoms with Crippen molar-refractivity contribution < 1.29 is 9.90 Å². The molecule has 0 aliphatic heterocycles. The molecule has 0 amide bonds. The Kier molecular flexibility index (Phi) is 11.2. The average Bonchev–Trinajstić information content (AvgIpc) is 2.25. The van der Waals surface area contributed by atoms with Crippen LogP contribution in [-0.2, 0) is 4.79 Å². The SMILES string of the molecule is C=CCCCCCCC=CCCCC(=O)O. The highest BCUT2D eigenvalue weighted by Gasteiger charge is 1.93. The van der Waals surface area contributed by atoms with E-state index in [0.717, 1.165) is 25.7 Å². The van der Waals surface area contributed by atoms with E-state index in [-0.39, 0.29) is 6.42 Å². The second-order valence-electron chi connectivity index (χ2n) is 4.04. The summed E-state index contributed by atoms with van der Waals surface area (Å²) in [6.07, 6.45) is 15.5. The first kappa shape index (κ1) is 14.9. The predicted octanol–water partition coefficient (Wildman–Crippen LogP) is 4.32. The van der Waals surface area contributed by atoms with Gasteiger partial charge in [-0.3, -0.25) is 4.79 Å². The molecule has 92 valence electrons. The Balaban J connectivity index is 3.09. The van der Waals surface area contributed by atoms with Gasteiger partial charge in [-0.1, -0.05) is 31.1 Å². The number of hydrogen-bond acceptors (Lipinski definition) is 1. The van der Waals surface area contributed by atoms with E-state index >= 15 is 0 Å². The van der Waals surface area contributed by atoms with E-state index in [9.17, 15) is 4.79 Å². The van der Waals surface area contributed by atoms with Crippen LogP contribution in [0.3, 0.4) is 0 Å². The van der Waals surface area contributed by atoms with E-state index in [1.807, 2.05) is 6.08 Å². The second-order valence-corrected chi connectivity index (χ2v) is 4.04. The Bertz CT molecular complexity index is 207. The van der Waals surface area contributed by atoms with Gasteiger partial charge in [0, 0.05) is 6.42 Å². The molecule has 0 saturated heterocycles. The van der Waals surface area contributed by atoms with Gasteiger partial charge in [0.2, 0.25) is 0 Å². The Labute approximate surface area is 99.1 Å². The molecule has 2 heteroatoms. The number of carboxylic acids is 1. The van der Waals surface area contributed by atoms with Crippen LogP contribution in [0, 0.1) is 0 Å². The third-order valence-electron chi connectivity index (χ3n) is 2.46. The number of aliphatic carboxylic acids is 1. The molecule has 0 aromatic heterocycles. The van der Waals surface area contributed by atoms with E-state index in [1.54, 1.807) is 0 Å². The minimum atomic E-state index is -0.699. The normalized spacial score (nSPS) is 10.8. The van der Waals surface area contributed by atoms with Crippen LogP contribution >= 0.6 is 0 Å². The molecule has 0 heterocycles. The summed E-state index contributed by atoms with van der Waals surface area (Å²) in [6, 6.07) is 0. The molecule has 1 N–H and O–H groups in total. The number of unbranched alkanes of at least 4 members (excludes halogenated alkanes) is 6. The lowest BCUT2D eigenvalue weighted by Gasteiger charge is -1.96. The van der Waals surface area contributed by atoms with Crippen LogP contribution < -0.4 is 0 Å². The summed E-state index contributed by atoms with van der Waals surface area (Å²) in [5, 5.41) is 8.43. The predicted molar refractivity (Wildman–Crippen MR) is 68.5 cm³/mol. The number of allylic oxidation sites excluding steroid dienone is 3. The summed E-state index contributed by atoms with van der Waals surface area (Å²) < 4.78 is 0. The largest absolute Gasteiger partial charge is 0.481 e. The van der Waals surface area contributed by atoms with Crippen molar-refractivity contribution in [3.05, 3.63) is 24.8 Å². The molecule has 0 fully saturated rings. The van der Waals surface area contributed by atoms with Crippen molar-refractivity contribution in [2.75, 3.05) is 0 Å². The maximum atomic E-state index is 10.2. The Morgan fingerprint density at radius 2 is 1.50 bits per heavy atom. The minimum Gasteiger partial charge on any atom is -0.481 e. The smallest absolute Gasteiger partial charge is 0.303 e. The van der Waals surface area contributed by atoms with Crippen LogP contribution in [0.15, 0.2) is 24.8 Å². The van der Waals surface area contributed by atoms with E-state index in [1.165, 1.54) is 25.7 Å². The molecule has 0 rings (SSSR count). The van der Waals surface area contributed by atoms with Gasteiger partial charge in [-0.2, -0.15) is 0 Å². The van der Waals surface area contributed by atoms with Crippen molar-refractivity contribution in [2.24, 2.45) is 0 Å². The average molecular weight is 224 g/mol. The molecular weight excluding hydrogens is 200 g/mol. The van der Waals surface area contributed by atoms with Crippen LogP contribution in [0.2, 0.25) is 0 Å². The van der Waals surface area contributed by atoms with Crippen molar-refractivity contribution in [1.82, 2.24) is 0 Å². The zero-order valence-electron chi connectivity index (χ0n) is 10.2. The Morgan fingerprint density at radius 1 is 0.938 bits per heavy atom. The fraction of sp³-hybridized carbons (Fsp3) is 0.643. The van der Waals surface area contributed by atoms with Crippen molar-refractivity contribution in [3.63, 3.8) is 0 Å². The third-order valence-corrected chi connectivity index (χ3v) is 2.46. The number of carbonyl (C=O) groups is 1. The Hall–Kier alpha value is -1.05. The zero-order chi connectivity index (χ0) is 12.1. The van der Waals surface area contributed by atoms with Crippen molar-refractivity contribution in [3.8, 4) is 0 Å². The van der Waals surface area contributed by atoms with Gasteiger partial charge in [0.05, 0.1) is 0 Å². The molecule has 0 atom stereocenters. The Morgan fingerprint density at radius 3 is 2.06 bits per heavy atom. The molecule has 16 heavy (non-hydrogen) atoms. The maximum absolute atomic E-state index is 10.2. The summed E-state index contributed by atoms with van der Waals surface area (Å²) in [6.45, 7) is 3.70. The van der Waals surface area contributed by atoms with Crippen molar-refractivity contribution in [1.29, 1.82) is 0 Å². The monoisotopic (exact) mass is 224 g/mol. The number of hydrogen-bond donors (Lipinski definition) is 1. The lowest BCUT2D eigenvalue weighted by molar-refractivity contribution is -0.137. The van der Waals surface area contributed by atoms with Gasteiger partial charge in [-0.15, -0.1) is 6.58 Å². The molecule has 0 aliphatic carbocycles. The highest BCUT2D eigenvalue weighted by Crippen LogP contribution is 2.06. The maximum Gasteiger partial charge on any atom is 0.303 e. The first-order valence-electron chi connectivity index (χ1n) is 6.25. The first-order valence-corrected chi connectivity index (χ1v) is 6.25. The first-order chi connectivity index (χ1) is 7.77. The minimum absolute atomic E-state index is 0.284. The summed E-state index contributed by atoms with van der Waals surface area (Å²) in [4.78, 5) is 10.2. The van der Waals surface area contributed by atoms with Crippen LogP contribution in [0.25, 0.3) is 0 Å². The highest BCUT2D eigenvalue weighted by atomic mass is 16.4. The second kappa shape index (κ2) is 12.0. The lowest BCUT2D eigenvalue weighted by atomic mass is 10.1. The number of carboxylic acid groups (broad SMARTS) is 1. The molecule has 0 aromatic rings. The van der Waals surface area contributed by atoms with Crippen molar-refractivity contribution >= 4 is 5.97 Å². The van der Waals surface area contributed by atoms with E-state index in [0.29, 0.717) is 0 Å². The van der Waals surface area contributed by atoms with Gasteiger partial charge in [0.15, 0.2) is 0 Å². The zero-order valence-corrected chi connectivity index (χ0v) is 10.2. The fourth-order valence-electron chi connectivity index (χ4n) is 1.51. The van der Waals surface area contributed by atoms with Gasteiger partial charge in [-0.05, 0) is 38.5 Å². The highest BCUT2D eigenvalue weighted by molar-refractivity contribution is 5.66. The molecule has 0 saturated carbocycles. The quantitative estimate of drug-likeness (QED) is 0.419. The van der Waals surface area contributed by atoms with E-state index in [4.69, 9.17) is 5.11 Å².